The minimum absolute atomic E-state index is 0.0463. The molecule has 0 amide bonds. The molecule has 2 aromatic carbocycles. The summed E-state index contributed by atoms with van der Waals surface area (Å²) < 4.78 is 10.8. The van der Waals surface area contributed by atoms with Crippen LogP contribution in [0, 0.1) is 0 Å². The Morgan fingerprint density at radius 1 is 0.958 bits per heavy atom. The number of halogens is 4. The van der Waals surface area contributed by atoms with Gasteiger partial charge in [-0.2, -0.15) is 0 Å². The van der Waals surface area contributed by atoms with E-state index in [2.05, 4.69) is 10.2 Å². The highest BCUT2D eigenvalue weighted by Crippen LogP contribution is 2.38. The van der Waals surface area contributed by atoms with Crippen molar-refractivity contribution in [3.05, 3.63) is 56.0 Å². The van der Waals surface area contributed by atoms with Gasteiger partial charge in [0, 0.05) is 21.2 Å². The predicted octanol–water partition coefficient (Wildman–Crippen LogP) is 5.51. The molecule has 0 saturated carbocycles. The Balaban J connectivity index is 1.83. The van der Waals surface area contributed by atoms with E-state index in [1.54, 1.807) is 30.3 Å². The zero-order valence-electron chi connectivity index (χ0n) is 11.9. The summed E-state index contributed by atoms with van der Waals surface area (Å²) in [5, 5.41) is 8.99. The molecule has 3 aromatic rings. The molecule has 24 heavy (non-hydrogen) atoms. The first-order valence-electron chi connectivity index (χ1n) is 6.59. The third kappa shape index (κ3) is 3.70. The number of nitrogen functional groups attached to an aromatic ring is 1. The van der Waals surface area contributed by atoms with Gasteiger partial charge in [0.15, 0.2) is 5.75 Å². The van der Waals surface area contributed by atoms with E-state index in [9.17, 15) is 0 Å². The lowest BCUT2D eigenvalue weighted by Gasteiger charge is -2.12. The van der Waals surface area contributed by atoms with Gasteiger partial charge in [-0.15, -0.1) is 5.10 Å². The molecule has 0 atom stereocenters. The maximum atomic E-state index is 6.24. The lowest BCUT2D eigenvalue weighted by Crippen LogP contribution is -1.98. The number of nitrogens with two attached hydrogens (primary N) is 1. The van der Waals surface area contributed by atoms with Crippen LogP contribution < -0.4 is 10.5 Å². The highest BCUT2D eigenvalue weighted by Gasteiger charge is 2.15. The maximum absolute atomic E-state index is 6.24. The van der Waals surface area contributed by atoms with Crippen LogP contribution in [0.5, 0.6) is 5.75 Å². The standard InChI is InChI=1S/C15H9Cl4N3O2/c16-9-2-1-7(10(17)5-9)6-23-13-11(18)3-8(4-12(13)19)14-21-22-15(20)24-14/h1-5H,6H2,(H2,20,22). The van der Waals surface area contributed by atoms with E-state index in [1.807, 2.05) is 0 Å². The van der Waals surface area contributed by atoms with Gasteiger partial charge in [0.1, 0.15) is 6.61 Å². The van der Waals surface area contributed by atoms with E-state index in [-0.39, 0.29) is 18.5 Å². The average Bonchev–Trinajstić information content (AvgIpc) is 2.94. The van der Waals surface area contributed by atoms with Crippen molar-refractivity contribution >= 4 is 52.4 Å². The molecule has 124 valence electrons. The lowest BCUT2D eigenvalue weighted by atomic mass is 10.2. The molecule has 0 bridgehead atoms. The van der Waals surface area contributed by atoms with Crippen LogP contribution in [-0.4, -0.2) is 10.2 Å². The van der Waals surface area contributed by atoms with Crippen LogP contribution in [0.2, 0.25) is 20.1 Å². The summed E-state index contributed by atoms with van der Waals surface area (Å²) in [6, 6.07) is 8.27. The van der Waals surface area contributed by atoms with Gasteiger partial charge in [-0.1, -0.05) is 57.6 Å². The van der Waals surface area contributed by atoms with Gasteiger partial charge in [0.2, 0.25) is 5.89 Å². The van der Waals surface area contributed by atoms with Gasteiger partial charge < -0.3 is 14.9 Å². The molecule has 2 N–H and O–H groups in total. The number of ether oxygens (including phenoxy) is 1. The van der Waals surface area contributed by atoms with Crippen molar-refractivity contribution in [2.24, 2.45) is 0 Å². The van der Waals surface area contributed by atoms with Crippen LogP contribution in [0.3, 0.4) is 0 Å². The molecule has 1 aromatic heterocycles. The Labute approximate surface area is 157 Å². The van der Waals surface area contributed by atoms with E-state index in [4.69, 9.17) is 61.3 Å². The molecule has 0 aliphatic rings. The molecule has 0 fully saturated rings. The SMILES string of the molecule is Nc1nnc(-c2cc(Cl)c(OCc3ccc(Cl)cc3Cl)c(Cl)c2)o1. The quantitative estimate of drug-likeness (QED) is 0.620. The van der Waals surface area contributed by atoms with Crippen LogP contribution >= 0.6 is 46.4 Å². The van der Waals surface area contributed by atoms with Gasteiger partial charge in [-0.3, -0.25) is 0 Å². The van der Waals surface area contributed by atoms with Crippen molar-refractivity contribution in [1.82, 2.24) is 10.2 Å². The van der Waals surface area contributed by atoms with E-state index in [0.29, 0.717) is 31.4 Å². The van der Waals surface area contributed by atoms with Crippen LogP contribution in [-0.2, 0) is 6.61 Å². The minimum atomic E-state index is -0.0463. The topological polar surface area (TPSA) is 74.2 Å². The van der Waals surface area contributed by atoms with E-state index in [0.717, 1.165) is 5.56 Å². The van der Waals surface area contributed by atoms with Gasteiger partial charge >= 0.3 is 6.01 Å². The fraction of sp³-hybridized carbons (Fsp3) is 0.0667. The number of hydrogen-bond donors (Lipinski definition) is 1. The average molecular weight is 405 g/mol. The molecule has 3 rings (SSSR count). The van der Waals surface area contributed by atoms with Crippen LogP contribution in [0.1, 0.15) is 5.56 Å². The lowest BCUT2D eigenvalue weighted by molar-refractivity contribution is 0.307. The minimum Gasteiger partial charge on any atom is -0.486 e. The summed E-state index contributed by atoms with van der Waals surface area (Å²) in [6.07, 6.45) is 0. The highest BCUT2D eigenvalue weighted by atomic mass is 35.5. The number of rotatable bonds is 4. The number of aromatic nitrogens is 2. The van der Waals surface area contributed by atoms with Crippen molar-refractivity contribution in [3.8, 4) is 17.2 Å². The molecule has 0 aliphatic heterocycles. The zero-order valence-corrected chi connectivity index (χ0v) is 14.9. The van der Waals surface area contributed by atoms with Gasteiger partial charge in [0.25, 0.3) is 0 Å². The van der Waals surface area contributed by atoms with E-state index in [1.165, 1.54) is 0 Å². The zero-order chi connectivity index (χ0) is 17.3. The van der Waals surface area contributed by atoms with Gasteiger partial charge in [-0.25, -0.2) is 0 Å². The fourth-order valence-electron chi connectivity index (χ4n) is 1.96. The summed E-state index contributed by atoms with van der Waals surface area (Å²) in [5.41, 5.74) is 6.69. The van der Waals surface area contributed by atoms with Crippen molar-refractivity contribution < 1.29 is 9.15 Å². The molecule has 0 saturated heterocycles. The van der Waals surface area contributed by atoms with Crippen molar-refractivity contribution in [1.29, 1.82) is 0 Å². The van der Waals surface area contributed by atoms with Crippen LogP contribution in [0.15, 0.2) is 34.7 Å². The van der Waals surface area contributed by atoms with E-state index >= 15 is 0 Å². The molecule has 0 radical (unpaired) electrons. The first-order chi connectivity index (χ1) is 11.4. The second-order valence-corrected chi connectivity index (χ2v) is 6.40. The summed E-state index contributed by atoms with van der Waals surface area (Å²) in [5.74, 6) is 0.532. The first kappa shape index (κ1) is 17.2. The van der Waals surface area contributed by atoms with Crippen LogP contribution in [0.25, 0.3) is 11.5 Å². The number of nitrogens with zero attached hydrogens (tertiary/aromatic N) is 2. The Morgan fingerprint density at radius 2 is 1.67 bits per heavy atom. The molecule has 1 heterocycles. The highest BCUT2D eigenvalue weighted by molar-refractivity contribution is 6.37. The van der Waals surface area contributed by atoms with E-state index < -0.39 is 0 Å². The third-order valence-corrected chi connectivity index (χ3v) is 4.22. The second kappa shape index (κ2) is 7.07. The summed E-state index contributed by atoms with van der Waals surface area (Å²) in [4.78, 5) is 0. The van der Waals surface area contributed by atoms with Gasteiger partial charge in [-0.05, 0) is 24.3 Å². The summed E-state index contributed by atoms with van der Waals surface area (Å²) in [7, 11) is 0. The van der Waals surface area contributed by atoms with Crippen LogP contribution in [0.4, 0.5) is 6.01 Å². The molecule has 0 spiro atoms. The smallest absolute Gasteiger partial charge is 0.313 e. The second-order valence-electron chi connectivity index (χ2n) is 4.74. The Morgan fingerprint density at radius 3 is 2.25 bits per heavy atom. The largest absolute Gasteiger partial charge is 0.486 e. The number of benzene rings is 2. The monoisotopic (exact) mass is 403 g/mol. The Hall–Kier alpha value is -1.66. The maximum Gasteiger partial charge on any atom is 0.313 e. The molecule has 0 unspecified atom stereocenters. The van der Waals surface area contributed by atoms with Crippen molar-refractivity contribution in [2.75, 3.05) is 5.73 Å². The number of anilines is 1. The van der Waals surface area contributed by atoms with Gasteiger partial charge in [0.05, 0.1) is 10.0 Å². The molecule has 9 heteroatoms. The molecule has 0 aliphatic carbocycles. The molecular weight excluding hydrogens is 396 g/mol. The molecule has 5 nitrogen and oxygen atoms in total. The predicted molar refractivity (Wildman–Crippen MR) is 95.0 cm³/mol. The summed E-state index contributed by atoms with van der Waals surface area (Å²) in [6.45, 7) is 0.183. The Kier molecular flexibility index (Phi) is 5.06. The third-order valence-electron chi connectivity index (χ3n) is 3.07. The first-order valence-corrected chi connectivity index (χ1v) is 8.10. The fourth-order valence-corrected chi connectivity index (χ4v) is 3.02. The van der Waals surface area contributed by atoms with Crippen molar-refractivity contribution in [3.63, 3.8) is 0 Å². The molecular formula is C15H9Cl4N3O2. The Bertz CT molecular complexity index is 875. The normalized spacial score (nSPS) is 10.8. The summed E-state index contributed by atoms with van der Waals surface area (Å²) >= 11 is 24.5. The van der Waals surface area contributed by atoms with Crippen molar-refractivity contribution in [2.45, 2.75) is 6.61 Å². The number of hydrogen-bond acceptors (Lipinski definition) is 5.